The number of fused-ring (bicyclic) bond motifs is 1. The summed E-state index contributed by atoms with van der Waals surface area (Å²) in [6.07, 6.45) is 1.69. The van der Waals surface area contributed by atoms with E-state index >= 15 is 0 Å². The summed E-state index contributed by atoms with van der Waals surface area (Å²) in [4.78, 5) is 4.14. The van der Waals surface area contributed by atoms with E-state index in [0.717, 1.165) is 12.5 Å². The minimum absolute atomic E-state index is 0. The van der Waals surface area contributed by atoms with Gasteiger partial charge in [0.15, 0.2) is 5.75 Å². The van der Waals surface area contributed by atoms with E-state index in [0.29, 0.717) is 5.52 Å². The zero-order chi connectivity index (χ0) is 9.42. The molecule has 0 aliphatic rings. The van der Waals surface area contributed by atoms with Gasteiger partial charge in [-0.05, 0) is 57.3 Å². The number of benzene rings is 1. The van der Waals surface area contributed by atoms with Crippen molar-refractivity contribution in [2.24, 2.45) is 0 Å². The van der Waals surface area contributed by atoms with Gasteiger partial charge in [0.05, 0.1) is 3.57 Å². The molecule has 2 nitrogen and oxygen atoms in total. The van der Waals surface area contributed by atoms with Crippen molar-refractivity contribution in [2.75, 3.05) is 0 Å². The van der Waals surface area contributed by atoms with Crippen LogP contribution in [0.5, 0.6) is 5.75 Å². The van der Waals surface area contributed by atoms with E-state index in [2.05, 4.69) is 50.2 Å². The molecule has 0 spiro atoms. The molecule has 1 heterocycles. The van der Waals surface area contributed by atoms with Crippen LogP contribution in [0.2, 0.25) is 0 Å². The summed E-state index contributed by atoms with van der Waals surface area (Å²) in [5.74, 6) is 0.275. The molecule has 0 amide bonds. The number of nitrogens with zero attached hydrogens (tertiary/aromatic N) is 1. The zero-order valence-electron chi connectivity index (χ0n) is 7.17. The second kappa shape index (κ2) is 5.03. The van der Waals surface area contributed by atoms with Gasteiger partial charge in [0, 0.05) is 15.2 Å². The minimum atomic E-state index is 0. The molecule has 5 heteroatoms. The third-order valence-electron chi connectivity index (χ3n) is 1.77. The van der Waals surface area contributed by atoms with Crippen LogP contribution in [0.25, 0.3) is 10.9 Å². The van der Waals surface area contributed by atoms with Gasteiger partial charge in [0.2, 0.25) is 0 Å². The van der Waals surface area contributed by atoms with E-state index in [9.17, 15) is 5.11 Å². The Morgan fingerprint density at radius 3 is 2.64 bits per heavy atom. The maximum atomic E-state index is 9.71. The average molecular weight is 462 g/mol. The van der Waals surface area contributed by atoms with Crippen LogP contribution < -0.4 is 0 Å². The van der Waals surface area contributed by atoms with E-state index in [-0.39, 0.29) is 25.2 Å². The maximum Gasteiger partial charge on any atom is 2.00 e. The molecule has 0 aliphatic carbocycles. The molecule has 0 aliphatic heterocycles. The molecule has 1 aromatic heterocycles. The maximum absolute atomic E-state index is 9.71. The zero-order valence-corrected chi connectivity index (χ0v) is 14.4. The number of phenolic OH excluding ortho intramolecular Hbond substituents is 1. The van der Waals surface area contributed by atoms with Crippen LogP contribution in [0.1, 0.15) is 0 Å². The van der Waals surface area contributed by atoms with E-state index in [1.165, 1.54) is 0 Å². The summed E-state index contributed by atoms with van der Waals surface area (Å²) in [6.45, 7) is 0. The van der Waals surface area contributed by atoms with Gasteiger partial charge in [0.25, 0.3) is 0 Å². The van der Waals surface area contributed by atoms with Gasteiger partial charge in [0.1, 0.15) is 5.52 Å². The van der Waals surface area contributed by atoms with Gasteiger partial charge in [-0.2, -0.15) is 0 Å². The van der Waals surface area contributed by atoms with Crippen molar-refractivity contribution in [1.82, 2.24) is 4.98 Å². The third kappa shape index (κ3) is 2.19. The van der Waals surface area contributed by atoms with Crippen molar-refractivity contribution in [3.05, 3.63) is 31.5 Å². The Hall–Kier alpha value is 0.513. The van der Waals surface area contributed by atoms with Crippen molar-refractivity contribution >= 4 is 56.1 Å². The number of halogens is 2. The summed E-state index contributed by atoms with van der Waals surface area (Å²) < 4.78 is 1.95. The van der Waals surface area contributed by atoms with E-state index < -0.39 is 0 Å². The Kier molecular flexibility index (Phi) is 4.52. The average Bonchev–Trinajstić information content (AvgIpc) is 2.15. The largest absolute Gasteiger partial charge is 2.00 e. The molecule has 0 saturated carbocycles. The van der Waals surface area contributed by atoms with E-state index in [1.807, 2.05) is 18.2 Å². The van der Waals surface area contributed by atoms with Crippen LogP contribution in [-0.4, -0.2) is 10.1 Å². The molecular weight excluding hydrogens is 457 g/mol. The first-order valence-corrected chi connectivity index (χ1v) is 5.77. The number of aromatic hydroxyl groups is 1. The molecule has 0 atom stereocenters. The summed E-state index contributed by atoms with van der Waals surface area (Å²) in [6, 6.07) is 5.77. The Balaban J connectivity index is 0.000000980. The van der Waals surface area contributed by atoms with Crippen LogP contribution in [-0.2, 0) is 19.5 Å². The Morgan fingerprint density at radius 2 is 1.93 bits per heavy atom. The van der Waals surface area contributed by atoms with Crippen molar-refractivity contribution in [3.63, 3.8) is 0 Å². The van der Waals surface area contributed by atoms with Crippen LogP contribution in [0.4, 0.5) is 0 Å². The van der Waals surface area contributed by atoms with E-state index in [4.69, 9.17) is 0 Å². The first-order valence-electron chi connectivity index (χ1n) is 3.62. The third-order valence-corrected chi connectivity index (χ3v) is 3.48. The molecule has 0 bridgehead atoms. The van der Waals surface area contributed by atoms with Crippen LogP contribution >= 0.6 is 45.2 Å². The van der Waals surface area contributed by atoms with E-state index in [1.54, 1.807) is 6.20 Å². The molecule has 2 rings (SSSR count). The number of rotatable bonds is 0. The van der Waals surface area contributed by atoms with Crippen LogP contribution in [0, 0.1) is 7.14 Å². The molecule has 0 fully saturated rings. The number of aromatic nitrogens is 1. The monoisotopic (exact) mass is 461 g/mol. The Bertz CT molecular complexity index is 476. The van der Waals surface area contributed by atoms with Crippen molar-refractivity contribution in [2.45, 2.75) is 0 Å². The summed E-state index contributed by atoms with van der Waals surface area (Å²) in [5.41, 5.74) is 0.679. The quantitative estimate of drug-likeness (QED) is 0.482. The molecule has 66 valence electrons. The molecule has 1 aromatic carbocycles. The molecule has 1 N–H and O–H groups in total. The fourth-order valence-corrected chi connectivity index (χ4v) is 3.07. The standard InChI is InChI=1S/C9H5I2NO.Zn/c10-6-4-7(11)9(13)8-5(6)2-1-3-12-8;/h1-4,13H;/q;+2. The fraction of sp³-hybridized carbons (Fsp3) is 0. The fourth-order valence-electron chi connectivity index (χ4n) is 1.16. The number of pyridine rings is 1. The number of phenols is 1. The van der Waals surface area contributed by atoms with Crippen LogP contribution in [0.3, 0.4) is 0 Å². The molecule has 0 saturated heterocycles. The summed E-state index contributed by atoms with van der Waals surface area (Å²) in [7, 11) is 0. The van der Waals surface area contributed by atoms with Crippen molar-refractivity contribution in [3.8, 4) is 5.75 Å². The number of hydrogen-bond acceptors (Lipinski definition) is 2. The van der Waals surface area contributed by atoms with Gasteiger partial charge in [-0.1, -0.05) is 6.07 Å². The summed E-state index contributed by atoms with van der Waals surface area (Å²) >= 11 is 4.35. The van der Waals surface area contributed by atoms with Gasteiger partial charge < -0.3 is 5.11 Å². The molecular formula is C9H5I2NOZn+2. The first-order chi connectivity index (χ1) is 6.20. The van der Waals surface area contributed by atoms with Crippen molar-refractivity contribution in [1.29, 1.82) is 0 Å². The van der Waals surface area contributed by atoms with Crippen molar-refractivity contribution < 1.29 is 24.6 Å². The van der Waals surface area contributed by atoms with Gasteiger partial charge in [-0.25, -0.2) is 0 Å². The number of hydrogen-bond donors (Lipinski definition) is 1. The minimum Gasteiger partial charge on any atom is -0.505 e. The second-order valence-electron chi connectivity index (χ2n) is 2.59. The topological polar surface area (TPSA) is 33.1 Å². The Labute approximate surface area is 122 Å². The normalized spacial score (nSPS) is 9.86. The molecule has 2 aromatic rings. The smallest absolute Gasteiger partial charge is 0.505 e. The van der Waals surface area contributed by atoms with Gasteiger partial charge >= 0.3 is 19.5 Å². The van der Waals surface area contributed by atoms with Gasteiger partial charge in [-0.3, -0.25) is 4.98 Å². The molecule has 0 radical (unpaired) electrons. The van der Waals surface area contributed by atoms with Crippen LogP contribution in [0.15, 0.2) is 24.4 Å². The SMILES string of the molecule is Oc1c(I)cc(I)c2cccnc12.[Zn+2]. The van der Waals surface area contributed by atoms with Gasteiger partial charge in [-0.15, -0.1) is 0 Å². The predicted octanol–water partition coefficient (Wildman–Crippen LogP) is 3.15. The predicted molar refractivity (Wildman–Crippen MR) is 68.8 cm³/mol. The Morgan fingerprint density at radius 1 is 1.21 bits per heavy atom. The second-order valence-corrected chi connectivity index (χ2v) is 4.91. The first kappa shape index (κ1) is 12.6. The molecule has 14 heavy (non-hydrogen) atoms. The molecule has 0 unspecified atom stereocenters. The summed E-state index contributed by atoms with van der Waals surface area (Å²) in [5, 5.41) is 10.7.